The number of amides is 2. The second-order valence-corrected chi connectivity index (χ2v) is 14.4. The Morgan fingerprint density at radius 3 is 2.07 bits per heavy atom. The zero-order chi connectivity index (χ0) is 32.6. The summed E-state index contributed by atoms with van der Waals surface area (Å²) in [6.45, 7) is 4.10. The highest BCUT2D eigenvalue weighted by Crippen LogP contribution is 2.36. The number of benzene rings is 3. The zero-order valence-electron chi connectivity index (χ0n) is 23.6. The summed E-state index contributed by atoms with van der Waals surface area (Å²) in [6, 6.07) is 14.9. The van der Waals surface area contributed by atoms with E-state index in [0.717, 1.165) is 25.3 Å². The predicted octanol–water partition coefficient (Wildman–Crippen LogP) is 2.82. The van der Waals surface area contributed by atoms with Crippen LogP contribution in [0.15, 0.2) is 70.5 Å². The lowest BCUT2D eigenvalue weighted by Gasteiger charge is -2.38. The number of aliphatic hydroxyl groups is 1. The Kier molecular flexibility index (Phi) is 9.78. The van der Waals surface area contributed by atoms with Crippen LogP contribution in [-0.4, -0.2) is 50.8 Å². The lowest BCUT2D eigenvalue weighted by atomic mass is 9.94. The minimum atomic E-state index is -4.06. The fourth-order valence-electron chi connectivity index (χ4n) is 5.16. The van der Waals surface area contributed by atoms with E-state index in [-0.39, 0.29) is 49.0 Å². The molecule has 44 heavy (non-hydrogen) atoms. The Bertz CT molecular complexity index is 1830. The monoisotopic (exact) mass is 683 g/mol. The van der Waals surface area contributed by atoms with Gasteiger partial charge in [-0.1, -0.05) is 53.9 Å². The number of nitrogens with two attached hydrogens (primary N) is 2. The van der Waals surface area contributed by atoms with Crippen molar-refractivity contribution in [2.75, 3.05) is 0 Å². The van der Waals surface area contributed by atoms with Gasteiger partial charge >= 0.3 is 0 Å². The molecule has 12 nitrogen and oxygen atoms in total. The van der Waals surface area contributed by atoms with Crippen LogP contribution in [0.1, 0.15) is 65.0 Å². The Hall–Kier alpha value is -3.08. The van der Waals surface area contributed by atoms with Crippen LogP contribution in [0.2, 0.25) is 10.0 Å². The fourth-order valence-corrected chi connectivity index (χ4v) is 7.30. The largest absolute Gasteiger partial charge is 0.363 e. The molecule has 0 saturated carbocycles. The number of piperidine rings is 1. The molecule has 5 rings (SSSR count). The first-order valence-corrected chi connectivity index (χ1v) is 17.2. The van der Waals surface area contributed by atoms with E-state index in [2.05, 4.69) is 10.7 Å². The number of sulfonamides is 2. The fraction of sp³-hybridized carbons (Fsp3) is 0.286. The third kappa shape index (κ3) is 7.08. The van der Waals surface area contributed by atoms with Gasteiger partial charge in [0, 0.05) is 34.3 Å². The Morgan fingerprint density at radius 2 is 1.48 bits per heavy atom. The van der Waals surface area contributed by atoms with E-state index in [1.807, 2.05) is 18.9 Å². The van der Waals surface area contributed by atoms with E-state index >= 15 is 0 Å². The highest BCUT2D eigenvalue weighted by atomic mass is 35.5. The summed E-state index contributed by atoms with van der Waals surface area (Å²) < 4.78 is 46.1. The molecule has 0 aliphatic carbocycles. The maximum atomic E-state index is 12.4. The van der Waals surface area contributed by atoms with Gasteiger partial charge in [-0.25, -0.2) is 32.1 Å². The third-order valence-electron chi connectivity index (χ3n) is 7.44. The molecule has 16 heteroatoms. The molecule has 1 fully saturated rings. The van der Waals surface area contributed by atoms with Gasteiger partial charge < -0.3 is 10.4 Å². The number of hydrogen-bond acceptors (Lipinski definition) is 8. The molecular weight excluding hydrogens is 653 g/mol. The van der Waals surface area contributed by atoms with Gasteiger partial charge in [0.15, 0.2) is 5.72 Å². The van der Waals surface area contributed by atoms with Crippen molar-refractivity contribution in [3.05, 3.63) is 93.0 Å². The average molecular weight is 685 g/mol. The van der Waals surface area contributed by atoms with Crippen molar-refractivity contribution in [1.82, 2.24) is 15.8 Å². The van der Waals surface area contributed by atoms with Crippen molar-refractivity contribution in [1.29, 1.82) is 0 Å². The normalized spacial score (nSPS) is 21.9. The van der Waals surface area contributed by atoms with Gasteiger partial charge in [0.1, 0.15) is 9.79 Å². The maximum absolute atomic E-state index is 12.4. The first kappa shape index (κ1) is 33.8. The number of rotatable bonds is 5. The van der Waals surface area contributed by atoms with Gasteiger partial charge in [-0.2, -0.15) is 0 Å². The maximum Gasteiger partial charge on any atom is 0.265 e. The van der Waals surface area contributed by atoms with Crippen LogP contribution in [0.25, 0.3) is 0 Å². The smallest absolute Gasteiger partial charge is 0.265 e. The molecule has 3 aromatic rings. The van der Waals surface area contributed by atoms with Crippen molar-refractivity contribution >= 4 is 55.1 Å². The summed E-state index contributed by atoms with van der Waals surface area (Å²) >= 11 is 11.7. The highest BCUT2D eigenvalue weighted by Gasteiger charge is 2.43. The molecule has 2 aliphatic heterocycles. The number of hydrogen-bond donors (Lipinski definition) is 5. The molecule has 2 aliphatic rings. The second kappa shape index (κ2) is 12.7. The molecule has 236 valence electrons. The molecule has 3 unspecified atom stereocenters. The number of nitrogens with one attached hydrogen (secondary N) is 2. The number of nitrogens with zero attached hydrogens (tertiary/aromatic N) is 1. The van der Waals surface area contributed by atoms with Gasteiger partial charge in [-0.05, 0) is 63.1 Å². The number of primary sulfonamides is 2. The summed E-state index contributed by atoms with van der Waals surface area (Å²) in [7, 11) is -8.03. The molecule has 7 N–H and O–H groups in total. The van der Waals surface area contributed by atoms with Crippen LogP contribution in [0.5, 0.6) is 0 Å². The Balaban J connectivity index is 0.000000201. The molecule has 0 aromatic heterocycles. The number of carbonyl (C=O) groups is 2. The quantitative estimate of drug-likeness (QED) is 0.270. The van der Waals surface area contributed by atoms with Crippen molar-refractivity contribution < 1.29 is 31.5 Å². The zero-order valence-corrected chi connectivity index (χ0v) is 26.8. The standard InChI is InChI=1S/C14H20ClN3O3S.C14H11ClN2O4S/c1-9-4-3-5-10(2)18(9)17-14(19)11-6-7-12(15)13(8-11)22(16,20)21;15-11-6-5-8(7-12(11)22(16,20)21)14(19)10-4-2-1-3-9(10)13(18)17-14/h6-10H,3-5H2,1-2H3,(H,17,19)(H2,16,20,21);1-7,19H,(H,17,18)(H2,16,20,21). The van der Waals surface area contributed by atoms with E-state index in [0.29, 0.717) is 11.1 Å². The second-order valence-electron chi connectivity index (χ2n) is 10.6. The first-order valence-electron chi connectivity index (χ1n) is 13.3. The number of halogens is 2. The third-order valence-corrected chi connectivity index (χ3v) is 10.2. The molecule has 2 amide bonds. The molecular formula is C28H31Cl2N5O7S2. The van der Waals surface area contributed by atoms with E-state index in [9.17, 15) is 31.5 Å². The van der Waals surface area contributed by atoms with Gasteiger partial charge in [0.05, 0.1) is 10.0 Å². The van der Waals surface area contributed by atoms with Gasteiger partial charge in [-0.3, -0.25) is 15.0 Å². The lowest BCUT2D eigenvalue weighted by Crippen LogP contribution is -2.54. The topological polar surface area (TPSA) is 202 Å². The molecule has 3 aromatic carbocycles. The first-order chi connectivity index (χ1) is 20.4. The van der Waals surface area contributed by atoms with Gasteiger partial charge in [-0.15, -0.1) is 0 Å². The van der Waals surface area contributed by atoms with E-state index < -0.39 is 31.7 Å². The lowest BCUT2D eigenvalue weighted by molar-refractivity contribution is 0.0369. The highest BCUT2D eigenvalue weighted by molar-refractivity contribution is 7.89. The van der Waals surface area contributed by atoms with Crippen molar-refractivity contribution in [3.63, 3.8) is 0 Å². The van der Waals surface area contributed by atoms with E-state index in [1.54, 1.807) is 24.3 Å². The minimum absolute atomic E-state index is 0.00115. The number of fused-ring (bicyclic) bond motifs is 1. The summed E-state index contributed by atoms with van der Waals surface area (Å²) in [5.41, 5.74) is 2.02. The van der Waals surface area contributed by atoms with Crippen molar-refractivity contribution in [2.24, 2.45) is 10.3 Å². The summed E-state index contributed by atoms with van der Waals surface area (Å²) in [5.74, 6) is -0.827. The summed E-state index contributed by atoms with van der Waals surface area (Å²) in [6.07, 6.45) is 3.15. The van der Waals surface area contributed by atoms with Gasteiger partial charge in [0.2, 0.25) is 20.0 Å². The van der Waals surface area contributed by atoms with E-state index in [1.165, 1.54) is 30.3 Å². The molecule has 1 saturated heterocycles. The molecule has 2 heterocycles. The SMILES string of the molecule is CC1CCCC(C)N1NC(=O)c1ccc(Cl)c(S(N)(=O)=O)c1.NS(=O)(=O)c1cc(C2(O)NC(=O)c3ccccc32)ccc1Cl. The van der Waals surface area contributed by atoms with Crippen molar-refractivity contribution in [2.45, 2.75) is 60.7 Å². The molecule has 0 bridgehead atoms. The molecule has 0 spiro atoms. The van der Waals surface area contributed by atoms with Crippen LogP contribution >= 0.6 is 23.2 Å². The van der Waals surface area contributed by atoms with Crippen LogP contribution in [0.3, 0.4) is 0 Å². The average Bonchev–Trinajstić information content (AvgIpc) is 3.21. The van der Waals surface area contributed by atoms with Gasteiger partial charge in [0.25, 0.3) is 11.8 Å². The predicted molar refractivity (Wildman–Crippen MR) is 165 cm³/mol. The summed E-state index contributed by atoms with van der Waals surface area (Å²) in [5, 5.41) is 25.4. The Morgan fingerprint density at radius 1 is 0.932 bits per heavy atom. The number of carbonyl (C=O) groups excluding carboxylic acids is 2. The summed E-state index contributed by atoms with van der Waals surface area (Å²) in [4.78, 5) is 23.8. The van der Waals surface area contributed by atoms with E-state index in [4.69, 9.17) is 33.5 Å². The van der Waals surface area contributed by atoms with Crippen LogP contribution in [0.4, 0.5) is 0 Å². The Labute approximate surface area is 265 Å². The van der Waals surface area contributed by atoms with Crippen molar-refractivity contribution in [3.8, 4) is 0 Å². The van der Waals surface area contributed by atoms with Crippen LogP contribution in [-0.2, 0) is 25.8 Å². The van der Waals surface area contributed by atoms with Crippen LogP contribution in [0, 0.1) is 0 Å². The molecule has 3 atom stereocenters. The minimum Gasteiger partial charge on any atom is -0.363 e. The van der Waals surface area contributed by atoms with Crippen LogP contribution < -0.4 is 21.0 Å². The molecule has 0 radical (unpaired) electrons. The number of hydrazine groups is 1.